The van der Waals surface area contributed by atoms with E-state index in [1.807, 2.05) is 0 Å². The Hall–Kier alpha value is -1.28. The molecular weight excluding hydrogens is 272 g/mol. The summed E-state index contributed by atoms with van der Waals surface area (Å²) < 4.78 is 5.40. The summed E-state index contributed by atoms with van der Waals surface area (Å²) in [6.45, 7) is 4.72. The molecule has 4 rings (SSSR count). The van der Waals surface area contributed by atoms with Crippen molar-refractivity contribution in [3.05, 3.63) is 41.0 Å². The molecule has 1 aromatic rings. The second-order valence-electron chi connectivity index (χ2n) is 7.86. The first-order valence-corrected chi connectivity index (χ1v) is 8.55. The molecule has 0 bridgehead atoms. The van der Waals surface area contributed by atoms with E-state index in [4.69, 9.17) is 4.74 Å². The summed E-state index contributed by atoms with van der Waals surface area (Å²) in [5.74, 6) is 1.56. The Bertz CT molecular complexity index is 647. The van der Waals surface area contributed by atoms with Crippen LogP contribution in [-0.2, 0) is 6.42 Å². The molecule has 1 fully saturated rings. The maximum Gasteiger partial charge on any atom is 0.119 e. The molecule has 1 saturated carbocycles. The smallest absolute Gasteiger partial charge is 0.119 e. The van der Waals surface area contributed by atoms with E-state index < -0.39 is 0 Å². The van der Waals surface area contributed by atoms with Gasteiger partial charge >= 0.3 is 0 Å². The highest BCUT2D eigenvalue weighted by atomic mass is 16.5. The van der Waals surface area contributed by atoms with Crippen LogP contribution in [-0.4, -0.2) is 18.3 Å². The molecule has 0 unspecified atom stereocenters. The Morgan fingerprint density at radius 1 is 1.18 bits per heavy atom. The number of benzene rings is 1. The second kappa shape index (κ2) is 4.61. The number of hydrogen-bond acceptors (Lipinski definition) is 2. The minimum Gasteiger partial charge on any atom is -0.497 e. The molecule has 2 nitrogen and oxygen atoms in total. The van der Waals surface area contributed by atoms with Crippen molar-refractivity contribution in [3.63, 3.8) is 0 Å². The molecule has 1 N–H and O–H groups in total. The van der Waals surface area contributed by atoms with E-state index >= 15 is 0 Å². The molecule has 0 radical (unpaired) electrons. The first kappa shape index (κ1) is 14.3. The molecule has 3 aliphatic carbocycles. The Labute approximate surface area is 133 Å². The third-order valence-corrected chi connectivity index (χ3v) is 6.87. The van der Waals surface area contributed by atoms with E-state index in [2.05, 4.69) is 38.1 Å². The fourth-order valence-electron chi connectivity index (χ4n) is 5.51. The summed E-state index contributed by atoms with van der Waals surface area (Å²) in [6, 6.07) is 6.61. The van der Waals surface area contributed by atoms with Gasteiger partial charge in [-0.25, -0.2) is 0 Å². The minimum atomic E-state index is -0.183. The van der Waals surface area contributed by atoms with Crippen LogP contribution in [0.2, 0.25) is 0 Å². The van der Waals surface area contributed by atoms with Gasteiger partial charge in [-0.15, -0.1) is 0 Å². The molecule has 0 amide bonds. The summed E-state index contributed by atoms with van der Waals surface area (Å²) in [6.07, 6.45) is 7.59. The van der Waals surface area contributed by atoms with Crippen molar-refractivity contribution in [2.75, 3.05) is 7.11 Å². The molecule has 22 heavy (non-hydrogen) atoms. The van der Waals surface area contributed by atoms with Gasteiger partial charge in [-0.1, -0.05) is 31.6 Å². The Balaban J connectivity index is 1.79. The van der Waals surface area contributed by atoms with E-state index in [0.29, 0.717) is 5.92 Å². The summed E-state index contributed by atoms with van der Waals surface area (Å²) >= 11 is 0. The van der Waals surface area contributed by atoms with Crippen LogP contribution in [0.25, 0.3) is 0 Å². The molecule has 0 aliphatic heterocycles. The molecule has 0 heterocycles. The predicted octanol–water partition coefficient (Wildman–Crippen LogP) is 4.22. The number of aliphatic hydroxyl groups excluding tert-OH is 1. The molecule has 0 saturated heterocycles. The third-order valence-electron chi connectivity index (χ3n) is 6.87. The number of ether oxygens (including phenoxy) is 1. The van der Waals surface area contributed by atoms with Gasteiger partial charge in [0.15, 0.2) is 0 Å². The van der Waals surface area contributed by atoms with Gasteiger partial charge in [0, 0.05) is 5.41 Å². The van der Waals surface area contributed by atoms with Crippen LogP contribution in [0.4, 0.5) is 0 Å². The highest BCUT2D eigenvalue weighted by molar-refractivity contribution is 5.46. The average molecular weight is 298 g/mol. The summed E-state index contributed by atoms with van der Waals surface area (Å²) in [7, 11) is 1.74. The van der Waals surface area contributed by atoms with Crippen LogP contribution in [0, 0.1) is 10.8 Å². The van der Waals surface area contributed by atoms with Crippen molar-refractivity contribution >= 4 is 0 Å². The molecule has 1 aromatic carbocycles. The summed E-state index contributed by atoms with van der Waals surface area (Å²) in [5.41, 5.74) is 4.73. The van der Waals surface area contributed by atoms with Gasteiger partial charge in [0.1, 0.15) is 5.75 Å². The molecule has 3 aliphatic rings. The quantitative estimate of drug-likeness (QED) is 0.787. The molecule has 4 atom stereocenters. The lowest BCUT2D eigenvalue weighted by Crippen LogP contribution is -2.45. The standard InChI is InChI=1S/C20H26O2/c1-19-10-8-13-12-14(22-3)4-5-15(13)16(19)9-11-20(2)17(19)6-7-18(20)21/h4-6,12,16,18,21H,7-11H2,1-3H3/t16-,18-,19+,20+/m1/s1. The topological polar surface area (TPSA) is 29.5 Å². The van der Waals surface area contributed by atoms with Crippen LogP contribution in [0.5, 0.6) is 5.75 Å². The zero-order valence-electron chi connectivity index (χ0n) is 13.9. The van der Waals surface area contributed by atoms with Gasteiger partial charge in [0.25, 0.3) is 0 Å². The molecule has 0 spiro atoms. The normalized spacial score (nSPS) is 39.5. The summed E-state index contributed by atoms with van der Waals surface area (Å²) in [4.78, 5) is 0. The fraction of sp³-hybridized carbons (Fsp3) is 0.600. The summed E-state index contributed by atoms with van der Waals surface area (Å²) in [5, 5.41) is 10.5. The number of rotatable bonds is 1. The maximum absolute atomic E-state index is 10.5. The first-order chi connectivity index (χ1) is 10.5. The van der Waals surface area contributed by atoms with E-state index in [1.54, 1.807) is 7.11 Å². The lowest BCUT2D eigenvalue weighted by atomic mass is 9.50. The predicted molar refractivity (Wildman–Crippen MR) is 88.2 cm³/mol. The molecular formula is C20H26O2. The van der Waals surface area contributed by atoms with E-state index in [0.717, 1.165) is 25.0 Å². The molecule has 118 valence electrons. The van der Waals surface area contributed by atoms with Crippen molar-refractivity contribution in [2.24, 2.45) is 10.8 Å². The largest absolute Gasteiger partial charge is 0.497 e. The van der Waals surface area contributed by atoms with E-state index in [-0.39, 0.29) is 16.9 Å². The van der Waals surface area contributed by atoms with Gasteiger partial charge in [-0.3, -0.25) is 0 Å². The fourth-order valence-corrected chi connectivity index (χ4v) is 5.51. The van der Waals surface area contributed by atoms with Crippen molar-refractivity contribution in [2.45, 2.75) is 58.0 Å². The number of methoxy groups -OCH3 is 1. The van der Waals surface area contributed by atoms with E-state index in [1.165, 1.54) is 29.5 Å². The van der Waals surface area contributed by atoms with Gasteiger partial charge in [-0.2, -0.15) is 0 Å². The van der Waals surface area contributed by atoms with Crippen LogP contribution in [0.3, 0.4) is 0 Å². The monoisotopic (exact) mass is 298 g/mol. The van der Waals surface area contributed by atoms with E-state index in [9.17, 15) is 5.11 Å². The number of aryl methyl sites for hydroxylation is 1. The molecule has 2 heteroatoms. The van der Waals surface area contributed by atoms with Crippen molar-refractivity contribution in [1.82, 2.24) is 0 Å². The van der Waals surface area contributed by atoms with Crippen molar-refractivity contribution in [1.29, 1.82) is 0 Å². The zero-order chi connectivity index (χ0) is 15.5. The number of aliphatic hydroxyl groups is 1. The number of hydrogen-bond donors (Lipinski definition) is 1. The van der Waals surface area contributed by atoms with Gasteiger partial charge in [-0.05, 0) is 66.7 Å². The maximum atomic E-state index is 10.5. The highest BCUT2D eigenvalue weighted by Crippen LogP contribution is 2.64. The van der Waals surface area contributed by atoms with Gasteiger partial charge in [0.05, 0.1) is 13.2 Å². The average Bonchev–Trinajstić information content (AvgIpc) is 2.83. The Morgan fingerprint density at radius 2 is 2.00 bits per heavy atom. The third kappa shape index (κ3) is 1.70. The SMILES string of the molecule is COc1ccc2c(c1)CC[C@]1(C)C3=CC[C@@H](O)[C@@]3(C)CC[C@H]21. The number of fused-ring (bicyclic) bond motifs is 5. The zero-order valence-corrected chi connectivity index (χ0v) is 13.9. The molecule has 0 aromatic heterocycles. The Kier molecular flexibility index (Phi) is 3.00. The highest BCUT2D eigenvalue weighted by Gasteiger charge is 2.55. The van der Waals surface area contributed by atoms with Crippen LogP contribution >= 0.6 is 0 Å². The van der Waals surface area contributed by atoms with Crippen molar-refractivity contribution in [3.8, 4) is 5.75 Å². The van der Waals surface area contributed by atoms with Crippen LogP contribution < -0.4 is 4.74 Å². The minimum absolute atomic E-state index is 0.00915. The van der Waals surface area contributed by atoms with Crippen LogP contribution in [0.15, 0.2) is 29.8 Å². The second-order valence-corrected chi connectivity index (χ2v) is 7.86. The first-order valence-electron chi connectivity index (χ1n) is 8.55. The lowest BCUT2D eigenvalue weighted by molar-refractivity contribution is 0.0270. The van der Waals surface area contributed by atoms with Gasteiger partial charge in [0.2, 0.25) is 0 Å². The lowest BCUT2D eigenvalue weighted by Gasteiger charge is -2.54. The Morgan fingerprint density at radius 3 is 2.77 bits per heavy atom. The van der Waals surface area contributed by atoms with Crippen molar-refractivity contribution < 1.29 is 9.84 Å². The van der Waals surface area contributed by atoms with Gasteiger partial charge < -0.3 is 9.84 Å². The van der Waals surface area contributed by atoms with Crippen LogP contribution in [0.1, 0.15) is 56.6 Å².